The summed E-state index contributed by atoms with van der Waals surface area (Å²) in [6.07, 6.45) is 5.28. The van der Waals surface area contributed by atoms with Crippen LogP contribution < -0.4 is 4.72 Å². The summed E-state index contributed by atoms with van der Waals surface area (Å²) in [5.74, 6) is 0.559. The van der Waals surface area contributed by atoms with Gasteiger partial charge in [-0.3, -0.25) is 4.79 Å². The van der Waals surface area contributed by atoms with E-state index >= 15 is 0 Å². The molecule has 0 aliphatic carbocycles. The quantitative estimate of drug-likeness (QED) is 0.853. The molecule has 0 bridgehead atoms. The highest BCUT2D eigenvalue weighted by molar-refractivity contribution is 7.87. The molecule has 0 spiro atoms. The van der Waals surface area contributed by atoms with Crippen molar-refractivity contribution in [2.24, 2.45) is 0 Å². The van der Waals surface area contributed by atoms with Gasteiger partial charge in [-0.05, 0) is 38.0 Å². The van der Waals surface area contributed by atoms with E-state index in [2.05, 4.69) is 0 Å². The molecule has 1 aliphatic heterocycles. The Morgan fingerprint density at radius 2 is 2.00 bits per heavy atom. The van der Waals surface area contributed by atoms with Crippen molar-refractivity contribution in [3.05, 3.63) is 29.7 Å². The highest BCUT2D eigenvalue weighted by atomic mass is 32.2. The molecule has 20 heavy (non-hydrogen) atoms. The Morgan fingerprint density at radius 1 is 1.30 bits per heavy atom. The number of aryl methyl sites for hydroxylation is 1. The Morgan fingerprint density at radius 3 is 2.60 bits per heavy atom. The lowest BCUT2D eigenvalue weighted by molar-refractivity contribution is -0.114. The third-order valence-corrected chi connectivity index (χ3v) is 4.55. The van der Waals surface area contributed by atoms with Crippen LogP contribution in [0.4, 0.5) is 0 Å². The summed E-state index contributed by atoms with van der Waals surface area (Å²) in [5, 5.41) is 0. The van der Waals surface area contributed by atoms with Crippen LogP contribution in [-0.2, 0) is 15.0 Å². The van der Waals surface area contributed by atoms with Crippen molar-refractivity contribution in [2.45, 2.75) is 26.2 Å². The first kappa shape index (κ1) is 14.8. The Labute approximate surface area is 118 Å². The molecule has 1 aliphatic rings. The normalized spacial score (nSPS) is 17.4. The van der Waals surface area contributed by atoms with Gasteiger partial charge in [0.15, 0.2) is 0 Å². The number of carbonyl (C=O) groups excluding carboxylic acids is 1. The average Bonchev–Trinajstić information content (AvgIpc) is 2.83. The van der Waals surface area contributed by atoms with Crippen LogP contribution in [0.5, 0.6) is 0 Å². The summed E-state index contributed by atoms with van der Waals surface area (Å²) in [6.45, 7) is 2.71. The maximum Gasteiger partial charge on any atom is 0.304 e. The zero-order chi connectivity index (χ0) is 14.6. The summed E-state index contributed by atoms with van der Waals surface area (Å²) in [6, 6.07) is 3.47. The van der Waals surface area contributed by atoms with Crippen LogP contribution in [0.15, 0.2) is 22.6 Å². The van der Waals surface area contributed by atoms with Crippen molar-refractivity contribution in [3.8, 4) is 0 Å². The van der Waals surface area contributed by atoms with Gasteiger partial charge in [0.1, 0.15) is 11.5 Å². The topological polar surface area (TPSA) is 79.6 Å². The lowest BCUT2D eigenvalue weighted by Crippen LogP contribution is -2.45. The number of nitrogens with one attached hydrogen (secondary N) is 1. The molecule has 1 aromatic rings. The molecule has 0 radical (unpaired) electrons. The number of piperidine rings is 1. The Bertz CT molecular complexity index is 598. The van der Waals surface area contributed by atoms with Gasteiger partial charge in [-0.15, -0.1) is 0 Å². The largest absolute Gasteiger partial charge is 0.462 e. The molecule has 0 atom stereocenters. The number of amides is 1. The van der Waals surface area contributed by atoms with E-state index in [9.17, 15) is 13.2 Å². The minimum absolute atomic E-state index is 0.462. The standard InChI is InChI=1S/C13H18N2O4S/c1-11-5-6-12(19-11)7-8-13(16)14-20(17,18)15-9-3-2-4-10-15/h5-8H,2-4,9-10H2,1H3,(H,14,16)/b8-7+. The fourth-order valence-electron chi connectivity index (χ4n) is 2.03. The number of carbonyl (C=O) groups is 1. The predicted octanol–water partition coefficient (Wildman–Crippen LogP) is 1.45. The Kier molecular flexibility index (Phi) is 4.61. The van der Waals surface area contributed by atoms with Gasteiger partial charge in [-0.2, -0.15) is 12.7 Å². The van der Waals surface area contributed by atoms with E-state index in [1.54, 1.807) is 19.1 Å². The number of nitrogens with zero attached hydrogens (tertiary/aromatic N) is 1. The molecule has 110 valence electrons. The van der Waals surface area contributed by atoms with Crippen LogP contribution >= 0.6 is 0 Å². The van der Waals surface area contributed by atoms with E-state index in [4.69, 9.17) is 4.42 Å². The van der Waals surface area contributed by atoms with Gasteiger partial charge in [-0.25, -0.2) is 4.72 Å². The third kappa shape index (κ3) is 3.94. The van der Waals surface area contributed by atoms with Crippen LogP contribution in [0.2, 0.25) is 0 Å². The predicted molar refractivity (Wildman–Crippen MR) is 75.0 cm³/mol. The van der Waals surface area contributed by atoms with Gasteiger partial charge in [0.05, 0.1) is 0 Å². The first-order valence-corrected chi connectivity index (χ1v) is 7.98. The molecule has 1 aromatic heterocycles. The van der Waals surface area contributed by atoms with Gasteiger partial charge in [0.2, 0.25) is 0 Å². The Hall–Kier alpha value is -1.60. The van der Waals surface area contributed by atoms with Gasteiger partial charge < -0.3 is 4.42 Å². The SMILES string of the molecule is Cc1ccc(/C=C/C(=O)NS(=O)(=O)N2CCCCC2)o1. The second-order valence-electron chi connectivity index (χ2n) is 4.71. The van der Waals surface area contributed by atoms with Crippen LogP contribution in [0.25, 0.3) is 6.08 Å². The van der Waals surface area contributed by atoms with Crippen LogP contribution in [0, 0.1) is 6.92 Å². The lowest BCUT2D eigenvalue weighted by Gasteiger charge is -2.25. The Balaban J connectivity index is 1.94. The smallest absolute Gasteiger partial charge is 0.304 e. The molecule has 6 nitrogen and oxygen atoms in total. The maximum atomic E-state index is 11.9. The third-order valence-electron chi connectivity index (χ3n) is 3.04. The van der Waals surface area contributed by atoms with E-state index in [1.165, 1.54) is 10.4 Å². The lowest BCUT2D eigenvalue weighted by atomic mass is 10.2. The van der Waals surface area contributed by atoms with Crippen LogP contribution in [-0.4, -0.2) is 31.7 Å². The number of rotatable bonds is 4. The van der Waals surface area contributed by atoms with E-state index in [0.29, 0.717) is 18.8 Å². The van der Waals surface area contributed by atoms with Crippen LogP contribution in [0.1, 0.15) is 30.8 Å². The maximum absolute atomic E-state index is 11.9. The van der Waals surface area contributed by atoms with Crippen molar-refractivity contribution in [2.75, 3.05) is 13.1 Å². The summed E-state index contributed by atoms with van der Waals surface area (Å²) in [4.78, 5) is 11.6. The highest BCUT2D eigenvalue weighted by Crippen LogP contribution is 2.12. The molecule has 7 heteroatoms. The zero-order valence-electron chi connectivity index (χ0n) is 11.3. The average molecular weight is 298 g/mol. The molecule has 1 amide bonds. The first-order chi connectivity index (χ1) is 9.47. The van der Waals surface area contributed by atoms with Crippen molar-refractivity contribution >= 4 is 22.2 Å². The van der Waals surface area contributed by atoms with Crippen molar-refractivity contribution in [3.63, 3.8) is 0 Å². The number of furan rings is 1. The fourth-order valence-corrected chi connectivity index (χ4v) is 3.22. The molecule has 0 unspecified atom stereocenters. The van der Waals surface area contributed by atoms with Crippen molar-refractivity contribution in [1.82, 2.24) is 9.03 Å². The monoisotopic (exact) mass is 298 g/mol. The van der Waals surface area contributed by atoms with Crippen molar-refractivity contribution < 1.29 is 17.6 Å². The summed E-state index contributed by atoms with van der Waals surface area (Å²) < 4.78 is 32.5. The van der Waals surface area contributed by atoms with Crippen LogP contribution in [0.3, 0.4) is 0 Å². The molecule has 0 saturated carbocycles. The van der Waals surface area contributed by atoms with Gasteiger partial charge in [-0.1, -0.05) is 6.42 Å². The number of hydrogen-bond donors (Lipinski definition) is 1. The first-order valence-electron chi connectivity index (χ1n) is 6.54. The molecule has 1 saturated heterocycles. The molecule has 2 heterocycles. The minimum Gasteiger partial charge on any atom is -0.462 e. The second-order valence-corrected chi connectivity index (χ2v) is 6.38. The molecule has 2 rings (SSSR count). The van der Waals surface area contributed by atoms with E-state index in [-0.39, 0.29) is 0 Å². The molecule has 1 N–H and O–H groups in total. The zero-order valence-corrected chi connectivity index (χ0v) is 12.1. The minimum atomic E-state index is -3.73. The fraction of sp³-hybridized carbons (Fsp3) is 0.462. The summed E-state index contributed by atoms with van der Waals surface area (Å²) in [5.41, 5.74) is 0. The van der Waals surface area contributed by atoms with E-state index in [0.717, 1.165) is 31.1 Å². The summed E-state index contributed by atoms with van der Waals surface area (Å²) >= 11 is 0. The number of hydrogen-bond acceptors (Lipinski definition) is 4. The second kappa shape index (κ2) is 6.23. The molecule has 0 aromatic carbocycles. The molecular weight excluding hydrogens is 280 g/mol. The molecule has 1 fully saturated rings. The van der Waals surface area contributed by atoms with Gasteiger partial charge >= 0.3 is 10.2 Å². The van der Waals surface area contributed by atoms with Gasteiger partial charge in [0.25, 0.3) is 5.91 Å². The van der Waals surface area contributed by atoms with E-state index < -0.39 is 16.1 Å². The highest BCUT2D eigenvalue weighted by Gasteiger charge is 2.24. The van der Waals surface area contributed by atoms with Crippen molar-refractivity contribution in [1.29, 1.82) is 0 Å². The van der Waals surface area contributed by atoms with Gasteiger partial charge in [0, 0.05) is 19.2 Å². The summed E-state index contributed by atoms with van der Waals surface area (Å²) in [7, 11) is -3.73. The molecular formula is C13H18N2O4S. The van der Waals surface area contributed by atoms with E-state index in [1.807, 2.05) is 4.72 Å².